The van der Waals surface area contributed by atoms with Crippen LogP contribution in [0, 0.1) is 6.92 Å². The molecular weight excluding hydrogens is 483 g/mol. The zero-order valence-electron chi connectivity index (χ0n) is 16.4. The highest BCUT2D eigenvalue weighted by atomic mass is 35.5. The zero-order valence-corrected chi connectivity index (χ0v) is 19.5. The number of hydrogen-bond donors (Lipinski definition) is 2. The smallest absolute Gasteiger partial charge is 0.261 e. The number of nitrogens with one attached hydrogen (secondary N) is 2. The van der Waals surface area contributed by atoms with Crippen molar-refractivity contribution in [3.8, 4) is 5.75 Å². The minimum Gasteiger partial charge on any atom is -0.496 e. The third kappa shape index (κ3) is 5.62. The highest BCUT2D eigenvalue weighted by Crippen LogP contribution is 2.26. The maximum atomic E-state index is 12.6. The molecule has 3 rings (SSSR count). The molecule has 0 aliphatic heterocycles. The van der Waals surface area contributed by atoms with E-state index in [4.69, 9.17) is 27.9 Å². The summed E-state index contributed by atoms with van der Waals surface area (Å²) in [5, 5.41) is 0.562. The average Bonchev–Trinajstić information content (AvgIpc) is 2.67. The van der Waals surface area contributed by atoms with Crippen LogP contribution in [0.2, 0.25) is 10.0 Å². The fourth-order valence-corrected chi connectivity index (χ4v) is 5.47. The van der Waals surface area contributed by atoms with Crippen molar-refractivity contribution in [3.05, 3.63) is 76.3 Å². The number of methoxy groups -OCH3 is 1. The lowest BCUT2D eigenvalue weighted by atomic mass is 10.2. The molecule has 7 nitrogen and oxygen atoms in total. The van der Waals surface area contributed by atoms with Gasteiger partial charge in [-0.05, 0) is 73.2 Å². The highest BCUT2D eigenvalue weighted by molar-refractivity contribution is 7.93. The fraction of sp³-hybridized carbons (Fsp3) is 0.100. The Morgan fingerprint density at radius 1 is 0.710 bits per heavy atom. The van der Waals surface area contributed by atoms with Crippen LogP contribution in [0.3, 0.4) is 0 Å². The van der Waals surface area contributed by atoms with E-state index in [1.54, 1.807) is 13.0 Å². The number of ether oxygens (including phenoxy) is 1. The van der Waals surface area contributed by atoms with Crippen molar-refractivity contribution in [3.63, 3.8) is 0 Å². The van der Waals surface area contributed by atoms with E-state index in [2.05, 4.69) is 9.44 Å². The number of hydrogen-bond acceptors (Lipinski definition) is 5. The molecule has 0 amide bonds. The third-order valence-electron chi connectivity index (χ3n) is 4.21. The Labute approximate surface area is 191 Å². The Balaban J connectivity index is 1.80. The van der Waals surface area contributed by atoms with Gasteiger partial charge in [0.2, 0.25) is 0 Å². The van der Waals surface area contributed by atoms with Crippen LogP contribution in [0.15, 0.2) is 70.5 Å². The van der Waals surface area contributed by atoms with Crippen molar-refractivity contribution in [2.24, 2.45) is 0 Å². The number of sulfonamides is 2. The van der Waals surface area contributed by atoms with Crippen LogP contribution in [0.25, 0.3) is 0 Å². The van der Waals surface area contributed by atoms with Gasteiger partial charge in [-0.15, -0.1) is 0 Å². The molecule has 0 heterocycles. The normalized spacial score (nSPS) is 11.7. The molecule has 0 saturated carbocycles. The molecule has 0 unspecified atom stereocenters. The Hall–Kier alpha value is -2.46. The van der Waals surface area contributed by atoms with Crippen molar-refractivity contribution in [2.45, 2.75) is 16.7 Å². The second kappa shape index (κ2) is 8.96. The summed E-state index contributed by atoms with van der Waals surface area (Å²) in [4.78, 5) is -0.00571. The summed E-state index contributed by atoms with van der Waals surface area (Å²) in [5.74, 6) is 0.571. The van der Waals surface area contributed by atoms with Crippen molar-refractivity contribution in [1.82, 2.24) is 0 Å². The zero-order chi connectivity index (χ0) is 22.8. The van der Waals surface area contributed by atoms with Crippen LogP contribution in [0.1, 0.15) is 5.56 Å². The van der Waals surface area contributed by atoms with Crippen molar-refractivity contribution < 1.29 is 21.6 Å². The van der Waals surface area contributed by atoms with Gasteiger partial charge in [-0.1, -0.05) is 23.2 Å². The molecule has 0 saturated heterocycles. The summed E-state index contributed by atoms with van der Waals surface area (Å²) in [6.45, 7) is 1.73. The highest BCUT2D eigenvalue weighted by Gasteiger charge is 2.18. The average molecular weight is 501 g/mol. The van der Waals surface area contributed by atoms with Gasteiger partial charge in [0, 0.05) is 15.7 Å². The molecule has 0 atom stereocenters. The van der Waals surface area contributed by atoms with Crippen LogP contribution in [0.5, 0.6) is 5.75 Å². The number of benzene rings is 3. The predicted molar refractivity (Wildman–Crippen MR) is 122 cm³/mol. The second-order valence-corrected chi connectivity index (χ2v) is 10.8. The third-order valence-corrected chi connectivity index (χ3v) is 7.42. The first-order valence-electron chi connectivity index (χ1n) is 8.76. The van der Waals surface area contributed by atoms with E-state index in [0.717, 1.165) is 0 Å². The minimum atomic E-state index is -3.93. The Bertz CT molecular complexity index is 1310. The van der Waals surface area contributed by atoms with E-state index in [1.165, 1.54) is 61.7 Å². The molecule has 31 heavy (non-hydrogen) atoms. The topological polar surface area (TPSA) is 102 Å². The number of anilines is 2. The number of rotatable bonds is 7. The van der Waals surface area contributed by atoms with Gasteiger partial charge in [-0.2, -0.15) is 0 Å². The van der Waals surface area contributed by atoms with Crippen molar-refractivity contribution >= 4 is 54.6 Å². The van der Waals surface area contributed by atoms with Gasteiger partial charge in [0.25, 0.3) is 20.0 Å². The Morgan fingerprint density at radius 3 is 1.77 bits per heavy atom. The quantitative estimate of drug-likeness (QED) is 0.479. The summed E-state index contributed by atoms with van der Waals surface area (Å²) < 4.78 is 60.4. The summed E-state index contributed by atoms with van der Waals surface area (Å²) in [7, 11) is -6.30. The van der Waals surface area contributed by atoms with Gasteiger partial charge in [0.15, 0.2) is 0 Å². The first-order chi connectivity index (χ1) is 14.5. The molecule has 0 aliphatic rings. The van der Waals surface area contributed by atoms with Crippen LogP contribution in [-0.2, 0) is 20.0 Å². The maximum Gasteiger partial charge on any atom is 0.261 e. The molecule has 0 radical (unpaired) electrons. The van der Waals surface area contributed by atoms with Gasteiger partial charge in [-0.25, -0.2) is 16.8 Å². The summed E-state index contributed by atoms with van der Waals surface area (Å²) in [6, 6.07) is 14.1. The molecule has 3 aromatic rings. The molecule has 0 fully saturated rings. The molecule has 0 bridgehead atoms. The SMILES string of the molecule is COc1ccc(S(=O)(=O)Nc2ccc(S(=O)(=O)Nc3cc(Cl)cc(Cl)c3)cc2)cc1C. The largest absolute Gasteiger partial charge is 0.496 e. The molecule has 0 aromatic heterocycles. The molecule has 3 aromatic carbocycles. The molecule has 2 N–H and O–H groups in total. The van der Waals surface area contributed by atoms with Gasteiger partial charge in [0.05, 0.1) is 22.6 Å². The number of halogens is 2. The molecule has 0 spiro atoms. The minimum absolute atomic E-state index is 0.0574. The summed E-state index contributed by atoms with van der Waals surface area (Å²) in [5.41, 5.74) is 1.08. The summed E-state index contributed by atoms with van der Waals surface area (Å²) in [6.07, 6.45) is 0. The summed E-state index contributed by atoms with van der Waals surface area (Å²) >= 11 is 11.8. The van der Waals surface area contributed by atoms with Gasteiger partial charge in [0.1, 0.15) is 5.75 Å². The lowest BCUT2D eigenvalue weighted by molar-refractivity contribution is 0.411. The van der Waals surface area contributed by atoms with Crippen molar-refractivity contribution in [1.29, 1.82) is 0 Å². The van der Waals surface area contributed by atoms with Crippen LogP contribution >= 0.6 is 23.2 Å². The first kappa shape index (κ1) is 23.2. The fourth-order valence-electron chi connectivity index (χ4n) is 2.76. The van der Waals surface area contributed by atoms with E-state index in [-0.39, 0.29) is 31.2 Å². The molecule has 164 valence electrons. The van der Waals surface area contributed by atoms with E-state index < -0.39 is 20.0 Å². The van der Waals surface area contributed by atoms with Crippen LogP contribution in [-0.4, -0.2) is 23.9 Å². The number of aryl methyl sites for hydroxylation is 1. The van der Waals surface area contributed by atoms with E-state index in [9.17, 15) is 16.8 Å². The maximum absolute atomic E-state index is 12.6. The van der Waals surface area contributed by atoms with Crippen LogP contribution < -0.4 is 14.2 Å². The van der Waals surface area contributed by atoms with E-state index in [0.29, 0.717) is 11.3 Å². The van der Waals surface area contributed by atoms with Gasteiger partial charge >= 0.3 is 0 Å². The van der Waals surface area contributed by atoms with Gasteiger partial charge < -0.3 is 4.74 Å². The molecule has 0 aliphatic carbocycles. The molecule has 11 heteroatoms. The van der Waals surface area contributed by atoms with Crippen LogP contribution in [0.4, 0.5) is 11.4 Å². The standard InChI is InChI=1S/C20H18Cl2N2O5S2/c1-13-9-19(7-8-20(13)29-2)31(27,28)23-16-3-5-18(6-4-16)30(25,26)24-17-11-14(21)10-15(22)12-17/h3-12,23-24H,1-2H3. The lowest BCUT2D eigenvalue weighted by Gasteiger charge is -2.12. The lowest BCUT2D eigenvalue weighted by Crippen LogP contribution is -2.15. The van der Waals surface area contributed by atoms with Crippen molar-refractivity contribution in [2.75, 3.05) is 16.6 Å². The van der Waals surface area contributed by atoms with E-state index >= 15 is 0 Å². The van der Waals surface area contributed by atoms with Gasteiger partial charge in [-0.3, -0.25) is 9.44 Å². The molecular formula is C20H18Cl2N2O5S2. The monoisotopic (exact) mass is 500 g/mol. The Morgan fingerprint density at radius 2 is 1.23 bits per heavy atom. The van der Waals surface area contributed by atoms with E-state index in [1.807, 2.05) is 0 Å². The first-order valence-corrected chi connectivity index (χ1v) is 12.5. The Kier molecular flexibility index (Phi) is 6.70. The predicted octanol–water partition coefficient (Wildman–Crippen LogP) is 4.91. The second-order valence-electron chi connectivity index (χ2n) is 6.52.